The second-order valence-corrected chi connectivity index (χ2v) is 9.54. The van der Waals surface area contributed by atoms with E-state index >= 15 is 0 Å². The number of aromatic nitrogens is 2. The van der Waals surface area contributed by atoms with Crippen LogP contribution in [0.5, 0.6) is 0 Å². The zero-order valence-corrected chi connectivity index (χ0v) is 19.5. The van der Waals surface area contributed by atoms with E-state index < -0.39 is 11.5 Å². The van der Waals surface area contributed by atoms with Gasteiger partial charge in [0.2, 0.25) is 5.91 Å². The molecule has 0 spiro atoms. The topological polar surface area (TPSA) is 104 Å². The number of fused-ring (bicyclic) bond motifs is 2. The monoisotopic (exact) mass is 450 g/mol. The first-order valence-electron chi connectivity index (χ1n) is 12.2. The first-order valence-corrected chi connectivity index (χ1v) is 12.2. The lowest BCUT2D eigenvalue weighted by atomic mass is 9.86. The summed E-state index contributed by atoms with van der Waals surface area (Å²) < 4.78 is 0. The van der Waals surface area contributed by atoms with Crippen molar-refractivity contribution in [2.75, 3.05) is 11.9 Å². The number of aryl methyl sites for hydroxylation is 4. The van der Waals surface area contributed by atoms with E-state index in [1.807, 2.05) is 6.07 Å². The molecule has 1 amide bonds. The van der Waals surface area contributed by atoms with Crippen molar-refractivity contribution in [2.24, 2.45) is 0 Å². The molecule has 176 valence electrons. The molecule has 1 aliphatic heterocycles. The van der Waals surface area contributed by atoms with Gasteiger partial charge < -0.3 is 15.7 Å². The van der Waals surface area contributed by atoms with Gasteiger partial charge in [-0.3, -0.25) is 14.6 Å². The maximum atomic E-state index is 12.8. The number of aliphatic carboxylic acids is 1. The van der Waals surface area contributed by atoms with Gasteiger partial charge in [-0.2, -0.15) is 0 Å². The van der Waals surface area contributed by atoms with E-state index in [0.29, 0.717) is 6.42 Å². The van der Waals surface area contributed by atoms with Crippen molar-refractivity contribution < 1.29 is 14.7 Å². The Hall–Kier alpha value is -2.96. The molecule has 0 radical (unpaired) electrons. The summed E-state index contributed by atoms with van der Waals surface area (Å²) in [5.74, 6) is -0.0706. The molecule has 0 aromatic carbocycles. The molecule has 1 atom stereocenters. The number of carbonyl (C=O) groups is 2. The number of hydrogen-bond acceptors (Lipinski definition) is 5. The Kier molecular flexibility index (Phi) is 7.26. The van der Waals surface area contributed by atoms with Crippen molar-refractivity contribution >= 4 is 17.7 Å². The van der Waals surface area contributed by atoms with Crippen molar-refractivity contribution in [3.8, 4) is 0 Å². The Bertz CT molecular complexity index is 1020. The van der Waals surface area contributed by atoms with Crippen molar-refractivity contribution in [3.05, 3.63) is 52.5 Å². The van der Waals surface area contributed by atoms with Crippen molar-refractivity contribution in [3.63, 3.8) is 0 Å². The second-order valence-electron chi connectivity index (χ2n) is 9.54. The van der Waals surface area contributed by atoms with Crippen LogP contribution in [0.25, 0.3) is 0 Å². The van der Waals surface area contributed by atoms with Gasteiger partial charge in [0.1, 0.15) is 5.82 Å². The molecule has 0 saturated heterocycles. The minimum Gasteiger partial charge on any atom is -0.481 e. The Balaban J connectivity index is 1.33. The number of pyridine rings is 2. The summed E-state index contributed by atoms with van der Waals surface area (Å²) in [6, 6.07) is 6.28. The summed E-state index contributed by atoms with van der Waals surface area (Å²) in [4.78, 5) is 33.6. The van der Waals surface area contributed by atoms with Crippen LogP contribution in [0.3, 0.4) is 0 Å². The third-order valence-electron chi connectivity index (χ3n) is 6.77. The van der Waals surface area contributed by atoms with E-state index in [-0.39, 0.29) is 12.3 Å². The van der Waals surface area contributed by atoms with E-state index in [1.165, 1.54) is 11.1 Å². The molecule has 1 aliphatic carbocycles. The van der Waals surface area contributed by atoms with Crippen LogP contribution in [0.4, 0.5) is 5.82 Å². The van der Waals surface area contributed by atoms with Crippen LogP contribution in [0.15, 0.2) is 24.4 Å². The predicted octanol–water partition coefficient (Wildman–Crippen LogP) is 3.93. The van der Waals surface area contributed by atoms with Crippen molar-refractivity contribution in [2.45, 2.75) is 83.1 Å². The lowest BCUT2D eigenvalue weighted by molar-refractivity contribution is -0.139. The molecule has 2 aromatic heterocycles. The number of nitrogens with one attached hydrogen (secondary N) is 2. The van der Waals surface area contributed by atoms with Gasteiger partial charge in [-0.25, -0.2) is 4.98 Å². The molecule has 0 fully saturated rings. The molecule has 2 aliphatic rings. The molecular formula is C26H34N4O3. The van der Waals surface area contributed by atoms with Crippen molar-refractivity contribution in [1.29, 1.82) is 0 Å². The van der Waals surface area contributed by atoms with Gasteiger partial charge in [0.15, 0.2) is 0 Å². The maximum absolute atomic E-state index is 12.8. The van der Waals surface area contributed by atoms with Crippen LogP contribution in [0.2, 0.25) is 0 Å². The average molecular weight is 451 g/mol. The minimum atomic E-state index is -0.978. The number of unbranched alkanes of at least 4 members (excludes halogenated alkanes) is 1. The van der Waals surface area contributed by atoms with E-state index in [4.69, 9.17) is 4.98 Å². The molecule has 0 bridgehead atoms. The SMILES string of the molecule is CC(CC(=O)O)(NC(=O)CCCCc1ccc2c(n1)NCCC2)c1cnc2c(c1)CCCC2. The number of anilines is 1. The summed E-state index contributed by atoms with van der Waals surface area (Å²) in [5.41, 5.74) is 4.38. The third kappa shape index (κ3) is 5.89. The van der Waals surface area contributed by atoms with E-state index in [0.717, 1.165) is 87.1 Å². The Morgan fingerprint density at radius 2 is 1.94 bits per heavy atom. The molecule has 7 heteroatoms. The Morgan fingerprint density at radius 3 is 2.79 bits per heavy atom. The highest BCUT2D eigenvalue weighted by atomic mass is 16.4. The molecule has 2 aromatic rings. The first kappa shape index (κ1) is 23.2. The van der Waals surface area contributed by atoms with Crippen LogP contribution in [-0.4, -0.2) is 33.5 Å². The minimum absolute atomic E-state index is 0.128. The van der Waals surface area contributed by atoms with E-state index in [2.05, 4.69) is 27.8 Å². The summed E-state index contributed by atoms with van der Waals surface area (Å²) >= 11 is 0. The fraction of sp³-hybridized carbons (Fsp3) is 0.538. The summed E-state index contributed by atoms with van der Waals surface area (Å²) in [6.07, 6.45) is 10.7. The molecule has 7 nitrogen and oxygen atoms in total. The fourth-order valence-corrected chi connectivity index (χ4v) is 4.88. The molecule has 3 N–H and O–H groups in total. The van der Waals surface area contributed by atoms with Gasteiger partial charge in [-0.15, -0.1) is 0 Å². The standard InChI is InChI=1S/C26H34N4O3/c1-26(16-24(32)33,20-15-19-7-2-4-10-22(19)28-17-20)30-23(31)11-5-3-9-21-13-12-18-8-6-14-27-25(18)29-21/h12-13,15,17H,2-11,14,16H2,1H3,(H,27,29)(H,30,31)(H,32,33). The summed E-state index contributed by atoms with van der Waals surface area (Å²) in [5, 5.41) is 15.9. The van der Waals surface area contributed by atoms with Crippen LogP contribution in [0, 0.1) is 0 Å². The Labute approximate surface area is 195 Å². The van der Waals surface area contributed by atoms with Crippen LogP contribution in [0.1, 0.15) is 79.9 Å². The van der Waals surface area contributed by atoms with E-state index in [9.17, 15) is 14.7 Å². The fourth-order valence-electron chi connectivity index (χ4n) is 4.88. The second kappa shape index (κ2) is 10.3. The number of carbonyl (C=O) groups excluding carboxylic acids is 1. The largest absolute Gasteiger partial charge is 0.481 e. The molecule has 33 heavy (non-hydrogen) atoms. The Morgan fingerprint density at radius 1 is 1.12 bits per heavy atom. The zero-order valence-electron chi connectivity index (χ0n) is 19.5. The number of nitrogens with zero attached hydrogens (tertiary/aromatic N) is 2. The number of hydrogen-bond donors (Lipinski definition) is 3. The van der Waals surface area contributed by atoms with Gasteiger partial charge >= 0.3 is 5.97 Å². The molecule has 4 rings (SSSR count). The van der Waals surface area contributed by atoms with Gasteiger partial charge in [-0.05, 0) is 87.5 Å². The van der Waals surface area contributed by atoms with Gasteiger partial charge in [-0.1, -0.05) is 12.1 Å². The number of rotatable bonds is 9. The van der Waals surface area contributed by atoms with Crippen LogP contribution in [-0.2, 0) is 40.8 Å². The maximum Gasteiger partial charge on any atom is 0.306 e. The smallest absolute Gasteiger partial charge is 0.306 e. The quantitative estimate of drug-likeness (QED) is 0.500. The summed E-state index contributed by atoms with van der Waals surface area (Å²) in [6.45, 7) is 2.76. The van der Waals surface area contributed by atoms with Gasteiger partial charge in [0.25, 0.3) is 0 Å². The normalized spacial score (nSPS) is 16.6. The number of carboxylic acid groups (broad SMARTS) is 1. The highest BCUT2D eigenvalue weighted by molar-refractivity contribution is 5.78. The highest BCUT2D eigenvalue weighted by Gasteiger charge is 2.32. The zero-order chi connectivity index (χ0) is 23.3. The predicted molar refractivity (Wildman–Crippen MR) is 127 cm³/mol. The third-order valence-corrected chi connectivity index (χ3v) is 6.77. The highest BCUT2D eigenvalue weighted by Crippen LogP contribution is 2.29. The number of carboxylic acids is 1. The first-order chi connectivity index (χ1) is 15.9. The van der Waals surface area contributed by atoms with Gasteiger partial charge in [0.05, 0.1) is 12.0 Å². The van der Waals surface area contributed by atoms with E-state index in [1.54, 1.807) is 13.1 Å². The van der Waals surface area contributed by atoms with Crippen molar-refractivity contribution in [1.82, 2.24) is 15.3 Å². The van der Waals surface area contributed by atoms with Gasteiger partial charge in [0, 0.05) is 30.6 Å². The molecule has 1 unspecified atom stereocenters. The molecule has 3 heterocycles. The van der Waals surface area contributed by atoms with Crippen LogP contribution >= 0.6 is 0 Å². The number of amides is 1. The lowest BCUT2D eigenvalue weighted by Crippen LogP contribution is -2.45. The average Bonchev–Trinajstić information content (AvgIpc) is 2.81. The summed E-state index contributed by atoms with van der Waals surface area (Å²) in [7, 11) is 0. The lowest BCUT2D eigenvalue weighted by Gasteiger charge is -2.31. The molecule has 0 saturated carbocycles. The molecular weight excluding hydrogens is 416 g/mol. The van der Waals surface area contributed by atoms with Crippen LogP contribution < -0.4 is 10.6 Å².